The molecule has 0 bridgehead atoms. The zero-order valence-corrected chi connectivity index (χ0v) is 20.0. The van der Waals surface area contributed by atoms with E-state index in [4.69, 9.17) is 23.2 Å². The number of amides is 2. The van der Waals surface area contributed by atoms with E-state index in [9.17, 15) is 9.59 Å². The number of carbonyl (C=O) groups excluding carboxylic acids is 2. The van der Waals surface area contributed by atoms with Crippen molar-refractivity contribution in [1.82, 2.24) is 10.2 Å². The second-order valence-electron chi connectivity index (χ2n) is 8.81. The first kappa shape index (κ1) is 24.2. The fraction of sp³-hybridized carbons (Fsp3) is 0.417. The number of nitrogens with one attached hydrogen (secondary N) is 1. The lowest BCUT2D eigenvalue weighted by Crippen LogP contribution is -2.52. The molecule has 0 saturated carbocycles. The molecule has 0 aliphatic heterocycles. The summed E-state index contributed by atoms with van der Waals surface area (Å²) in [6.45, 7) is 11.6. The van der Waals surface area contributed by atoms with E-state index in [-0.39, 0.29) is 24.8 Å². The van der Waals surface area contributed by atoms with Crippen LogP contribution in [0.15, 0.2) is 36.4 Å². The maximum Gasteiger partial charge on any atom is 0.242 e. The summed E-state index contributed by atoms with van der Waals surface area (Å²) in [6, 6.07) is 10.6. The standard InChI is InChI=1S/C24H30Cl2N2O2/c1-15-10-16(2)12-18(11-15)13-22(29)28(17(3)23(30)27-24(4,5)6)14-19-20(25)8-7-9-21(19)26/h7-12,17H,13-14H2,1-6H3,(H,27,30). The molecule has 0 aromatic heterocycles. The van der Waals surface area contributed by atoms with Crippen molar-refractivity contribution in [1.29, 1.82) is 0 Å². The van der Waals surface area contributed by atoms with E-state index in [0.717, 1.165) is 16.7 Å². The Hall–Kier alpha value is -2.04. The molecule has 2 amide bonds. The molecule has 0 saturated heterocycles. The van der Waals surface area contributed by atoms with Crippen LogP contribution >= 0.6 is 23.2 Å². The molecule has 0 aliphatic rings. The van der Waals surface area contributed by atoms with Crippen LogP contribution in [0, 0.1) is 13.8 Å². The average molecular weight is 449 g/mol. The van der Waals surface area contributed by atoms with Gasteiger partial charge in [-0.15, -0.1) is 0 Å². The smallest absolute Gasteiger partial charge is 0.242 e. The first-order valence-corrected chi connectivity index (χ1v) is 10.7. The Labute approximate surface area is 189 Å². The molecule has 30 heavy (non-hydrogen) atoms. The lowest BCUT2D eigenvalue weighted by atomic mass is 10.0. The Bertz CT molecular complexity index is 895. The van der Waals surface area contributed by atoms with E-state index in [2.05, 4.69) is 11.4 Å². The highest BCUT2D eigenvalue weighted by molar-refractivity contribution is 6.36. The summed E-state index contributed by atoms with van der Waals surface area (Å²) >= 11 is 12.7. The van der Waals surface area contributed by atoms with Crippen LogP contribution in [0.1, 0.15) is 49.9 Å². The van der Waals surface area contributed by atoms with Crippen LogP contribution in [0.3, 0.4) is 0 Å². The molecule has 0 radical (unpaired) electrons. The van der Waals surface area contributed by atoms with Gasteiger partial charge in [-0.3, -0.25) is 9.59 Å². The van der Waals surface area contributed by atoms with Gasteiger partial charge in [0.05, 0.1) is 6.42 Å². The summed E-state index contributed by atoms with van der Waals surface area (Å²) in [5.41, 5.74) is 3.32. The van der Waals surface area contributed by atoms with Gasteiger partial charge in [0.15, 0.2) is 0 Å². The van der Waals surface area contributed by atoms with Crippen molar-refractivity contribution in [3.8, 4) is 0 Å². The maximum absolute atomic E-state index is 13.3. The van der Waals surface area contributed by atoms with Crippen LogP contribution in [0.5, 0.6) is 0 Å². The SMILES string of the molecule is Cc1cc(C)cc(CC(=O)N(Cc2c(Cl)cccc2Cl)C(C)C(=O)NC(C)(C)C)c1. The topological polar surface area (TPSA) is 49.4 Å². The van der Waals surface area contributed by atoms with Crippen molar-refractivity contribution in [2.45, 2.75) is 66.1 Å². The summed E-state index contributed by atoms with van der Waals surface area (Å²) in [7, 11) is 0. The molecule has 1 N–H and O–H groups in total. The van der Waals surface area contributed by atoms with Gasteiger partial charge in [0.1, 0.15) is 6.04 Å². The zero-order valence-electron chi connectivity index (χ0n) is 18.5. The first-order chi connectivity index (χ1) is 13.9. The molecular formula is C24H30Cl2N2O2. The van der Waals surface area contributed by atoms with Crippen molar-refractivity contribution >= 4 is 35.0 Å². The lowest BCUT2D eigenvalue weighted by Gasteiger charge is -2.32. The Morgan fingerprint density at radius 2 is 1.57 bits per heavy atom. The second kappa shape index (κ2) is 9.84. The van der Waals surface area contributed by atoms with Crippen LogP contribution in [0.2, 0.25) is 10.0 Å². The van der Waals surface area contributed by atoms with Gasteiger partial charge in [0, 0.05) is 27.7 Å². The summed E-state index contributed by atoms with van der Waals surface area (Å²) in [6.07, 6.45) is 0.192. The Balaban J connectivity index is 2.36. The molecule has 0 fully saturated rings. The third-order valence-electron chi connectivity index (χ3n) is 4.69. The van der Waals surface area contributed by atoms with Crippen molar-refractivity contribution in [3.63, 3.8) is 0 Å². The van der Waals surface area contributed by atoms with Gasteiger partial charge in [0.25, 0.3) is 0 Å². The van der Waals surface area contributed by atoms with Crippen LogP contribution in [0.4, 0.5) is 0 Å². The molecule has 4 nitrogen and oxygen atoms in total. The van der Waals surface area contributed by atoms with E-state index < -0.39 is 11.6 Å². The minimum atomic E-state index is -0.685. The van der Waals surface area contributed by atoms with E-state index in [0.29, 0.717) is 15.6 Å². The highest BCUT2D eigenvalue weighted by Gasteiger charge is 2.29. The number of benzene rings is 2. The molecule has 2 aromatic carbocycles. The molecule has 1 unspecified atom stereocenters. The molecule has 1 atom stereocenters. The Kier molecular flexibility index (Phi) is 7.95. The molecule has 2 aromatic rings. The van der Waals surface area contributed by atoms with Gasteiger partial charge in [-0.1, -0.05) is 58.6 Å². The summed E-state index contributed by atoms with van der Waals surface area (Å²) in [4.78, 5) is 27.7. The summed E-state index contributed by atoms with van der Waals surface area (Å²) in [5, 5.41) is 3.89. The number of hydrogen-bond acceptors (Lipinski definition) is 2. The third-order valence-corrected chi connectivity index (χ3v) is 5.40. The van der Waals surface area contributed by atoms with Crippen LogP contribution in [0.25, 0.3) is 0 Å². The van der Waals surface area contributed by atoms with Crippen LogP contribution < -0.4 is 5.32 Å². The van der Waals surface area contributed by atoms with Crippen LogP contribution in [-0.4, -0.2) is 28.3 Å². The predicted octanol–water partition coefficient (Wildman–Crippen LogP) is 5.48. The van der Waals surface area contributed by atoms with E-state index in [1.165, 1.54) is 0 Å². The quantitative estimate of drug-likeness (QED) is 0.635. The molecule has 0 heterocycles. The number of hydrogen-bond donors (Lipinski definition) is 1. The second-order valence-corrected chi connectivity index (χ2v) is 9.62. The average Bonchev–Trinajstić information content (AvgIpc) is 2.58. The van der Waals surface area contributed by atoms with Gasteiger partial charge in [-0.25, -0.2) is 0 Å². The predicted molar refractivity (Wildman–Crippen MR) is 124 cm³/mol. The van der Waals surface area contributed by atoms with Crippen molar-refractivity contribution in [3.05, 3.63) is 68.7 Å². The van der Waals surface area contributed by atoms with E-state index in [1.54, 1.807) is 30.0 Å². The highest BCUT2D eigenvalue weighted by Crippen LogP contribution is 2.27. The molecule has 0 aliphatic carbocycles. The first-order valence-electron chi connectivity index (χ1n) is 9.99. The lowest BCUT2D eigenvalue weighted by molar-refractivity contribution is -0.140. The number of aryl methyl sites for hydroxylation is 2. The highest BCUT2D eigenvalue weighted by atomic mass is 35.5. The number of carbonyl (C=O) groups is 2. The van der Waals surface area contributed by atoms with Gasteiger partial charge in [-0.2, -0.15) is 0 Å². The van der Waals surface area contributed by atoms with Gasteiger partial charge < -0.3 is 10.2 Å². The Morgan fingerprint density at radius 1 is 1.03 bits per heavy atom. The number of rotatable bonds is 6. The maximum atomic E-state index is 13.3. The minimum absolute atomic E-state index is 0.154. The summed E-state index contributed by atoms with van der Waals surface area (Å²) < 4.78 is 0. The van der Waals surface area contributed by atoms with Crippen molar-refractivity contribution < 1.29 is 9.59 Å². The fourth-order valence-electron chi connectivity index (χ4n) is 3.36. The van der Waals surface area contributed by atoms with E-state index >= 15 is 0 Å². The monoisotopic (exact) mass is 448 g/mol. The third kappa shape index (κ3) is 6.75. The van der Waals surface area contributed by atoms with Crippen LogP contribution in [-0.2, 0) is 22.6 Å². The zero-order chi connectivity index (χ0) is 22.6. The number of halogens is 2. The van der Waals surface area contributed by atoms with Gasteiger partial charge >= 0.3 is 0 Å². The van der Waals surface area contributed by atoms with Gasteiger partial charge in [0.2, 0.25) is 11.8 Å². The minimum Gasteiger partial charge on any atom is -0.350 e. The largest absolute Gasteiger partial charge is 0.350 e. The number of nitrogens with zero attached hydrogens (tertiary/aromatic N) is 1. The Morgan fingerprint density at radius 3 is 2.07 bits per heavy atom. The molecule has 2 rings (SSSR count). The molecule has 0 spiro atoms. The summed E-state index contributed by atoms with van der Waals surface area (Å²) in [5.74, 6) is -0.382. The fourth-order valence-corrected chi connectivity index (χ4v) is 3.87. The molecule has 6 heteroatoms. The van der Waals surface area contributed by atoms with Gasteiger partial charge in [-0.05, 0) is 59.2 Å². The normalized spacial score (nSPS) is 12.4. The van der Waals surface area contributed by atoms with Crippen molar-refractivity contribution in [2.24, 2.45) is 0 Å². The molecule has 162 valence electrons. The van der Waals surface area contributed by atoms with E-state index in [1.807, 2.05) is 46.8 Å². The van der Waals surface area contributed by atoms with Crippen molar-refractivity contribution in [2.75, 3.05) is 0 Å². The molecular weight excluding hydrogens is 419 g/mol.